The number of benzene rings is 3. The fourth-order valence-corrected chi connectivity index (χ4v) is 6.97. The SMILES string of the molecule is CC[C@@H](C)NC(=O)[C@@H](CC)N(Cc1ccc(Cl)cc1Cl)C(=O)CN(c1ccc(C)cc1)S(=O)(=O)c1ccc(OC)c(Br)c1. The first-order valence-corrected chi connectivity index (χ1v) is 16.8. The van der Waals surface area contributed by atoms with E-state index in [1.54, 1.807) is 49.4 Å². The molecule has 43 heavy (non-hydrogen) atoms. The number of halogens is 3. The van der Waals surface area contributed by atoms with Crippen LogP contribution in [0.3, 0.4) is 0 Å². The Kier molecular flexibility index (Phi) is 12.3. The quantitative estimate of drug-likeness (QED) is 0.206. The molecule has 2 amide bonds. The maximum atomic E-state index is 14.2. The summed E-state index contributed by atoms with van der Waals surface area (Å²) in [7, 11) is -2.77. The number of nitrogens with one attached hydrogen (secondary N) is 1. The predicted molar refractivity (Wildman–Crippen MR) is 175 cm³/mol. The third-order valence-electron chi connectivity index (χ3n) is 7.05. The molecule has 0 aromatic heterocycles. The summed E-state index contributed by atoms with van der Waals surface area (Å²) >= 11 is 15.9. The second-order valence-corrected chi connectivity index (χ2v) is 13.7. The molecule has 8 nitrogen and oxygen atoms in total. The minimum Gasteiger partial charge on any atom is -0.496 e. The molecular formula is C31H36BrCl2N3O5S. The summed E-state index contributed by atoms with van der Waals surface area (Å²) in [6, 6.07) is 15.1. The van der Waals surface area contributed by atoms with E-state index < -0.39 is 28.5 Å². The number of hydrogen-bond acceptors (Lipinski definition) is 5. The second kappa shape index (κ2) is 15.3. The fraction of sp³-hybridized carbons (Fsp3) is 0.355. The zero-order valence-corrected chi connectivity index (χ0v) is 28.6. The average molecular weight is 714 g/mol. The van der Waals surface area contributed by atoms with Crippen molar-refractivity contribution in [2.45, 2.75) is 64.1 Å². The summed E-state index contributed by atoms with van der Waals surface area (Å²) in [6.07, 6.45) is 0.998. The van der Waals surface area contributed by atoms with Gasteiger partial charge in [0.25, 0.3) is 10.0 Å². The Hall–Kier alpha value is -2.79. The van der Waals surface area contributed by atoms with E-state index in [1.807, 2.05) is 20.8 Å². The number of hydrogen-bond donors (Lipinski definition) is 1. The van der Waals surface area contributed by atoms with Crippen molar-refractivity contribution in [2.75, 3.05) is 18.0 Å². The van der Waals surface area contributed by atoms with Gasteiger partial charge in [-0.05, 0) is 90.6 Å². The minimum atomic E-state index is -4.25. The lowest BCUT2D eigenvalue weighted by Crippen LogP contribution is -2.53. The zero-order chi connectivity index (χ0) is 31.9. The number of amides is 2. The molecule has 1 N–H and O–H groups in total. The summed E-state index contributed by atoms with van der Waals surface area (Å²) in [6.45, 7) is 6.92. The molecule has 0 heterocycles. The fourth-order valence-electron chi connectivity index (χ4n) is 4.37. The molecular weight excluding hydrogens is 677 g/mol. The third-order valence-corrected chi connectivity index (χ3v) is 10.0. The van der Waals surface area contributed by atoms with Crippen LogP contribution in [-0.4, -0.2) is 50.9 Å². The van der Waals surface area contributed by atoms with Crippen molar-refractivity contribution < 1.29 is 22.7 Å². The summed E-state index contributed by atoms with van der Waals surface area (Å²) in [5.74, 6) is -0.450. The molecule has 3 aromatic carbocycles. The first-order chi connectivity index (χ1) is 20.3. The monoisotopic (exact) mass is 711 g/mol. The normalized spacial score (nSPS) is 12.7. The maximum Gasteiger partial charge on any atom is 0.264 e. The van der Waals surface area contributed by atoms with Crippen LogP contribution in [0.2, 0.25) is 10.0 Å². The van der Waals surface area contributed by atoms with Crippen molar-refractivity contribution in [3.05, 3.63) is 86.3 Å². The number of methoxy groups -OCH3 is 1. The molecule has 0 radical (unpaired) electrons. The van der Waals surface area contributed by atoms with Crippen LogP contribution in [0, 0.1) is 6.92 Å². The van der Waals surface area contributed by atoms with Crippen molar-refractivity contribution in [1.82, 2.24) is 10.2 Å². The maximum absolute atomic E-state index is 14.2. The molecule has 0 saturated carbocycles. The van der Waals surface area contributed by atoms with E-state index in [0.717, 1.165) is 9.87 Å². The number of carbonyl (C=O) groups excluding carboxylic acids is 2. The molecule has 0 aliphatic heterocycles. The molecule has 0 fully saturated rings. The van der Waals surface area contributed by atoms with Gasteiger partial charge in [0.2, 0.25) is 11.8 Å². The second-order valence-electron chi connectivity index (χ2n) is 10.1. The van der Waals surface area contributed by atoms with E-state index in [2.05, 4.69) is 21.2 Å². The van der Waals surface area contributed by atoms with Crippen LogP contribution in [-0.2, 0) is 26.2 Å². The number of aryl methyl sites for hydroxylation is 1. The van der Waals surface area contributed by atoms with E-state index in [0.29, 0.717) is 44.4 Å². The summed E-state index contributed by atoms with van der Waals surface area (Å²) in [5.41, 5.74) is 1.79. The summed E-state index contributed by atoms with van der Waals surface area (Å²) in [5, 5.41) is 3.71. The lowest BCUT2D eigenvalue weighted by molar-refractivity contribution is -0.140. The Bertz CT molecular complexity index is 1550. The summed E-state index contributed by atoms with van der Waals surface area (Å²) < 4.78 is 35.0. The Morgan fingerprint density at radius 2 is 1.67 bits per heavy atom. The van der Waals surface area contributed by atoms with Crippen LogP contribution in [0.1, 0.15) is 44.7 Å². The van der Waals surface area contributed by atoms with Gasteiger partial charge < -0.3 is 15.0 Å². The van der Waals surface area contributed by atoms with Crippen molar-refractivity contribution >= 4 is 66.7 Å². The van der Waals surface area contributed by atoms with Gasteiger partial charge in [-0.2, -0.15) is 0 Å². The highest BCUT2D eigenvalue weighted by molar-refractivity contribution is 9.10. The van der Waals surface area contributed by atoms with Crippen molar-refractivity contribution in [2.24, 2.45) is 0 Å². The molecule has 3 aromatic rings. The third kappa shape index (κ3) is 8.65. The topological polar surface area (TPSA) is 96.0 Å². The van der Waals surface area contributed by atoms with Gasteiger partial charge in [0.15, 0.2) is 0 Å². The highest BCUT2D eigenvalue weighted by Crippen LogP contribution is 2.31. The van der Waals surface area contributed by atoms with E-state index in [1.165, 1.54) is 30.2 Å². The first-order valence-electron chi connectivity index (χ1n) is 13.8. The van der Waals surface area contributed by atoms with Crippen LogP contribution in [0.4, 0.5) is 5.69 Å². The van der Waals surface area contributed by atoms with Crippen LogP contribution >= 0.6 is 39.1 Å². The molecule has 0 unspecified atom stereocenters. The van der Waals surface area contributed by atoms with E-state index in [4.69, 9.17) is 27.9 Å². The number of sulfonamides is 1. The molecule has 3 rings (SSSR count). The zero-order valence-electron chi connectivity index (χ0n) is 24.7. The number of anilines is 1. The molecule has 0 aliphatic rings. The average Bonchev–Trinajstić information content (AvgIpc) is 2.97. The molecule has 0 spiro atoms. The van der Waals surface area contributed by atoms with Gasteiger partial charge in [-0.25, -0.2) is 8.42 Å². The molecule has 2 atom stereocenters. The summed E-state index contributed by atoms with van der Waals surface area (Å²) in [4.78, 5) is 29.0. The lowest BCUT2D eigenvalue weighted by atomic mass is 10.1. The molecule has 0 bridgehead atoms. The molecule has 0 saturated heterocycles. The van der Waals surface area contributed by atoms with Crippen molar-refractivity contribution in [3.8, 4) is 5.75 Å². The van der Waals surface area contributed by atoms with Gasteiger partial charge in [0, 0.05) is 22.6 Å². The van der Waals surface area contributed by atoms with Gasteiger partial charge in [-0.3, -0.25) is 13.9 Å². The Labute approximate surface area is 272 Å². The van der Waals surface area contributed by atoms with Gasteiger partial charge in [0.1, 0.15) is 18.3 Å². The molecule has 232 valence electrons. The molecule has 12 heteroatoms. The lowest BCUT2D eigenvalue weighted by Gasteiger charge is -2.34. The number of nitrogens with zero attached hydrogens (tertiary/aromatic N) is 2. The van der Waals surface area contributed by atoms with Crippen LogP contribution in [0.15, 0.2) is 70.0 Å². The van der Waals surface area contributed by atoms with Crippen LogP contribution in [0.5, 0.6) is 5.75 Å². The predicted octanol–water partition coefficient (Wildman–Crippen LogP) is 6.99. The Morgan fingerprint density at radius 1 is 1.00 bits per heavy atom. The van der Waals surface area contributed by atoms with Gasteiger partial charge in [-0.15, -0.1) is 0 Å². The van der Waals surface area contributed by atoms with Gasteiger partial charge in [-0.1, -0.05) is 60.8 Å². The first kappa shape index (κ1) is 34.7. The smallest absolute Gasteiger partial charge is 0.264 e. The highest BCUT2D eigenvalue weighted by Gasteiger charge is 2.34. The number of rotatable bonds is 13. The van der Waals surface area contributed by atoms with Crippen molar-refractivity contribution in [3.63, 3.8) is 0 Å². The van der Waals surface area contributed by atoms with E-state index in [9.17, 15) is 18.0 Å². The number of carbonyl (C=O) groups is 2. The Balaban J connectivity index is 2.10. The van der Waals surface area contributed by atoms with E-state index >= 15 is 0 Å². The number of ether oxygens (including phenoxy) is 1. The largest absolute Gasteiger partial charge is 0.496 e. The van der Waals surface area contributed by atoms with Gasteiger partial charge >= 0.3 is 0 Å². The van der Waals surface area contributed by atoms with Gasteiger partial charge in [0.05, 0.1) is 22.2 Å². The Morgan fingerprint density at radius 3 is 2.23 bits per heavy atom. The molecule has 0 aliphatic carbocycles. The highest BCUT2D eigenvalue weighted by atomic mass is 79.9. The van der Waals surface area contributed by atoms with Crippen molar-refractivity contribution in [1.29, 1.82) is 0 Å². The van der Waals surface area contributed by atoms with Crippen LogP contribution in [0.25, 0.3) is 0 Å². The van der Waals surface area contributed by atoms with E-state index in [-0.39, 0.29) is 23.4 Å². The minimum absolute atomic E-state index is 0.0306. The van der Waals surface area contributed by atoms with Crippen LogP contribution < -0.4 is 14.4 Å². The standard InChI is InChI=1S/C31H36BrCl2N3O5S/c1-6-21(4)35-31(39)28(7-2)36(18-22-10-11-23(33)16-27(22)34)30(38)19-37(24-12-8-20(3)9-13-24)43(40,41)25-14-15-29(42-5)26(32)17-25/h8-17,21,28H,6-7,18-19H2,1-5H3,(H,35,39)/t21-,28-/m1/s1.